The molecule has 1 aromatic rings. The maximum Gasteiger partial charge on any atom is 0.221 e. The molecule has 1 atom stereocenters. The third-order valence-corrected chi connectivity index (χ3v) is 3.79. The predicted octanol–water partition coefficient (Wildman–Crippen LogP) is 2.70. The largest absolute Gasteiger partial charge is 0.326 e. The highest BCUT2D eigenvalue weighted by Gasteiger charge is 2.23. The summed E-state index contributed by atoms with van der Waals surface area (Å²) in [5, 5.41) is 2.71. The zero-order valence-electron chi connectivity index (χ0n) is 12.2. The molecule has 1 aromatic carbocycles. The molecule has 20 heavy (non-hydrogen) atoms. The Bertz CT molecular complexity index is 493. The summed E-state index contributed by atoms with van der Waals surface area (Å²) >= 11 is 0. The van der Waals surface area contributed by atoms with Gasteiger partial charge in [0.2, 0.25) is 5.91 Å². The number of piperidine rings is 1. The summed E-state index contributed by atoms with van der Waals surface area (Å²) in [5.41, 5.74) is 1.34. The first-order valence-corrected chi connectivity index (χ1v) is 7.24. The summed E-state index contributed by atoms with van der Waals surface area (Å²) in [5.74, 6) is -0.00206. The number of carbonyl (C=O) groups excluding carboxylic acids is 2. The lowest BCUT2D eigenvalue weighted by Gasteiger charge is -2.31. The van der Waals surface area contributed by atoms with Crippen LogP contribution in [0.25, 0.3) is 0 Å². The molecule has 1 amide bonds. The molecular formula is C16H22N2O2. The number of anilines is 1. The average molecular weight is 274 g/mol. The molecule has 1 N–H and O–H groups in total. The number of amides is 1. The lowest BCUT2D eigenvalue weighted by molar-refractivity contribution is -0.114. The van der Waals surface area contributed by atoms with Gasteiger partial charge in [0, 0.05) is 18.2 Å². The van der Waals surface area contributed by atoms with Crippen molar-refractivity contribution in [2.24, 2.45) is 0 Å². The second-order valence-corrected chi connectivity index (χ2v) is 5.40. The van der Waals surface area contributed by atoms with E-state index in [1.807, 2.05) is 13.0 Å². The standard InChI is InChI=1S/C16H22N2O2/c1-12(18-9-4-3-5-10-18)16(20)14-7-6-8-15(11-14)17-13(2)19/h6-8,11-12H,3-5,9-10H2,1-2H3,(H,17,19). The van der Waals surface area contributed by atoms with Gasteiger partial charge in [0.15, 0.2) is 5.78 Å². The van der Waals surface area contributed by atoms with Crippen LogP contribution in [0.3, 0.4) is 0 Å². The van der Waals surface area contributed by atoms with Crippen LogP contribution in [0.1, 0.15) is 43.5 Å². The smallest absolute Gasteiger partial charge is 0.221 e. The van der Waals surface area contributed by atoms with Gasteiger partial charge in [0.25, 0.3) is 0 Å². The van der Waals surface area contributed by atoms with Crippen LogP contribution >= 0.6 is 0 Å². The topological polar surface area (TPSA) is 49.4 Å². The molecule has 0 spiro atoms. The van der Waals surface area contributed by atoms with Crippen LogP contribution in [0.15, 0.2) is 24.3 Å². The van der Waals surface area contributed by atoms with Crippen molar-refractivity contribution in [3.8, 4) is 0 Å². The van der Waals surface area contributed by atoms with Gasteiger partial charge in [-0.1, -0.05) is 18.6 Å². The fourth-order valence-electron chi connectivity index (χ4n) is 2.67. The lowest BCUT2D eigenvalue weighted by Crippen LogP contribution is -2.42. The van der Waals surface area contributed by atoms with E-state index in [1.165, 1.54) is 26.2 Å². The van der Waals surface area contributed by atoms with E-state index in [0.29, 0.717) is 11.3 Å². The van der Waals surface area contributed by atoms with Gasteiger partial charge in [-0.3, -0.25) is 14.5 Å². The first-order valence-electron chi connectivity index (χ1n) is 7.24. The van der Waals surface area contributed by atoms with E-state index >= 15 is 0 Å². The van der Waals surface area contributed by atoms with Crippen LogP contribution < -0.4 is 5.32 Å². The molecule has 1 aliphatic heterocycles. The van der Waals surface area contributed by atoms with Gasteiger partial charge in [-0.05, 0) is 45.0 Å². The van der Waals surface area contributed by atoms with Crippen molar-refractivity contribution < 1.29 is 9.59 Å². The summed E-state index contributed by atoms with van der Waals surface area (Å²) in [6, 6.07) is 7.08. The van der Waals surface area contributed by atoms with Crippen molar-refractivity contribution in [2.75, 3.05) is 18.4 Å². The zero-order chi connectivity index (χ0) is 14.5. The highest BCUT2D eigenvalue weighted by molar-refractivity contribution is 6.01. The molecule has 0 aromatic heterocycles. The van der Waals surface area contributed by atoms with Gasteiger partial charge in [0.1, 0.15) is 0 Å². The first kappa shape index (κ1) is 14.7. The summed E-state index contributed by atoms with van der Waals surface area (Å²) in [6.45, 7) is 5.43. The molecular weight excluding hydrogens is 252 g/mol. The lowest BCUT2D eigenvalue weighted by atomic mass is 10.0. The molecule has 0 bridgehead atoms. The van der Waals surface area contributed by atoms with Crippen molar-refractivity contribution >= 4 is 17.4 Å². The molecule has 0 saturated carbocycles. The normalized spacial score (nSPS) is 17.5. The highest BCUT2D eigenvalue weighted by atomic mass is 16.1. The molecule has 2 rings (SSSR count). The van der Waals surface area contributed by atoms with E-state index in [9.17, 15) is 9.59 Å². The fraction of sp³-hybridized carbons (Fsp3) is 0.500. The monoisotopic (exact) mass is 274 g/mol. The van der Waals surface area contributed by atoms with E-state index in [1.54, 1.807) is 18.2 Å². The van der Waals surface area contributed by atoms with E-state index < -0.39 is 0 Å². The Kier molecular flexibility index (Phi) is 4.90. The maximum absolute atomic E-state index is 12.5. The van der Waals surface area contributed by atoms with Crippen LogP contribution in [0.2, 0.25) is 0 Å². The Morgan fingerprint density at radius 2 is 1.90 bits per heavy atom. The van der Waals surface area contributed by atoms with Crippen LogP contribution in [-0.4, -0.2) is 35.7 Å². The van der Waals surface area contributed by atoms with Gasteiger partial charge >= 0.3 is 0 Å². The Morgan fingerprint density at radius 3 is 2.55 bits per heavy atom. The van der Waals surface area contributed by atoms with Gasteiger partial charge in [-0.15, -0.1) is 0 Å². The van der Waals surface area contributed by atoms with Crippen molar-refractivity contribution in [1.82, 2.24) is 4.90 Å². The van der Waals surface area contributed by atoms with E-state index in [2.05, 4.69) is 10.2 Å². The number of rotatable bonds is 4. The number of nitrogens with zero attached hydrogens (tertiary/aromatic N) is 1. The Labute approximate surface area is 120 Å². The summed E-state index contributed by atoms with van der Waals surface area (Å²) in [4.78, 5) is 25.8. The molecule has 108 valence electrons. The highest BCUT2D eigenvalue weighted by Crippen LogP contribution is 2.17. The van der Waals surface area contributed by atoms with Gasteiger partial charge in [0.05, 0.1) is 6.04 Å². The van der Waals surface area contributed by atoms with Crippen LogP contribution in [0.4, 0.5) is 5.69 Å². The molecule has 0 radical (unpaired) electrons. The van der Waals surface area contributed by atoms with E-state index in [-0.39, 0.29) is 17.7 Å². The number of likely N-dealkylation sites (tertiary alicyclic amines) is 1. The molecule has 0 aliphatic carbocycles. The second kappa shape index (κ2) is 6.66. The minimum Gasteiger partial charge on any atom is -0.326 e. The van der Waals surface area contributed by atoms with Crippen molar-refractivity contribution in [1.29, 1.82) is 0 Å². The Morgan fingerprint density at radius 1 is 1.20 bits per heavy atom. The average Bonchev–Trinajstić information content (AvgIpc) is 2.46. The van der Waals surface area contributed by atoms with Crippen LogP contribution in [-0.2, 0) is 4.79 Å². The van der Waals surface area contributed by atoms with Gasteiger partial charge in [-0.2, -0.15) is 0 Å². The molecule has 1 aliphatic rings. The molecule has 1 heterocycles. The molecule has 1 fully saturated rings. The zero-order valence-corrected chi connectivity index (χ0v) is 12.2. The van der Waals surface area contributed by atoms with E-state index in [0.717, 1.165) is 13.1 Å². The SMILES string of the molecule is CC(=O)Nc1cccc(C(=O)C(C)N2CCCCC2)c1. The third-order valence-electron chi connectivity index (χ3n) is 3.79. The number of hydrogen-bond donors (Lipinski definition) is 1. The fourth-order valence-corrected chi connectivity index (χ4v) is 2.67. The van der Waals surface area contributed by atoms with Crippen molar-refractivity contribution in [2.45, 2.75) is 39.2 Å². The number of benzene rings is 1. The molecule has 1 unspecified atom stereocenters. The van der Waals surface area contributed by atoms with Crippen LogP contribution in [0.5, 0.6) is 0 Å². The Hall–Kier alpha value is -1.68. The van der Waals surface area contributed by atoms with E-state index in [4.69, 9.17) is 0 Å². The number of nitrogens with one attached hydrogen (secondary N) is 1. The predicted molar refractivity (Wildman–Crippen MR) is 80.0 cm³/mol. The second-order valence-electron chi connectivity index (χ2n) is 5.40. The molecule has 4 nitrogen and oxygen atoms in total. The number of Topliss-reactive ketones (excluding diaryl/α,β-unsaturated/α-hetero) is 1. The summed E-state index contributed by atoms with van der Waals surface area (Å²) in [6.07, 6.45) is 3.60. The van der Waals surface area contributed by atoms with Crippen molar-refractivity contribution in [3.63, 3.8) is 0 Å². The number of hydrogen-bond acceptors (Lipinski definition) is 3. The van der Waals surface area contributed by atoms with Crippen LogP contribution in [0, 0.1) is 0 Å². The van der Waals surface area contributed by atoms with Crippen molar-refractivity contribution in [3.05, 3.63) is 29.8 Å². The maximum atomic E-state index is 12.5. The number of carbonyl (C=O) groups is 2. The minimum absolute atomic E-state index is 0.0946. The minimum atomic E-state index is -0.126. The molecule has 4 heteroatoms. The summed E-state index contributed by atoms with van der Waals surface area (Å²) < 4.78 is 0. The summed E-state index contributed by atoms with van der Waals surface area (Å²) in [7, 11) is 0. The Balaban J connectivity index is 2.09. The first-order chi connectivity index (χ1) is 9.58. The third kappa shape index (κ3) is 3.67. The quantitative estimate of drug-likeness (QED) is 0.859. The van der Waals surface area contributed by atoms with Gasteiger partial charge in [-0.25, -0.2) is 0 Å². The molecule has 1 saturated heterocycles. The van der Waals surface area contributed by atoms with Gasteiger partial charge < -0.3 is 5.32 Å². The number of ketones is 1.